The van der Waals surface area contributed by atoms with Gasteiger partial charge in [-0.2, -0.15) is 0 Å². The molecule has 1 aromatic heterocycles. The van der Waals surface area contributed by atoms with Gasteiger partial charge in [-0.25, -0.2) is 4.63 Å². The van der Waals surface area contributed by atoms with E-state index in [1.165, 1.54) is 0 Å². The molecule has 5 nitrogen and oxygen atoms in total. The molecule has 1 aromatic rings. The Hall–Kier alpha value is -0.940. The highest BCUT2D eigenvalue weighted by molar-refractivity contribution is 5.05. The maximum absolute atomic E-state index is 5.46. The van der Waals surface area contributed by atoms with Crippen LogP contribution in [0.4, 0.5) is 0 Å². The van der Waals surface area contributed by atoms with Crippen LogP contribution in [0.25, 0.3) is 0 Å². The Morgan fingerprint density at radius 2 is 2.33 bits per heavy atom. The van der Waals surface area contributed by atoms with Gasteiger partial charge in [0.1, 0.15) is 11.4 Å². The van der Waals surface area contributed by atoms with Gasteiger partial charge in [0.25, 0.3) is 0 Å². The minimum atomic E-state index is 0.0592. The average Bonchev–Trinajstić information content (AvgIpc) is 2.62. The highest BCUT2D eigenvalue weighted by Crippen LogP contribution is 2.18. The van der Waals surface area contributed by atoms with E-state index in [0.717, 1.165) is 37.4 Å². The fourth-order valence-electron chi connectivity index (χ4n) is 1.78. The predicted octanol–water partition coefficient (Wildman–Crippen LogP) is 1.04. The molecule has 0 saturated carbocycles. The lowest BCUT2D eigenvalue weighted by molar-refractivity contribution is 0.0275. The van der Waals surface area contributed by atoms with Crippen molar-refractivity contribution in [1.29, 1.82) is 0 Å². The Labute approximate surface area is 89.1 Å². The zero-order chi connectivity index (χ0) is 10.7. The van der Waals surface area contributed by atoms with Gasteiger partial charge in [0, 0.05) is 18.7 Å². The van der Waals surface area contributed by atoms with E-state index in [2.05, 4.69) is 27.2 Å². The minimum Gasteiger partial charge on any atom is -0.380 e. The molecular weight excluding hydrogens is 194 g/mol. The lowest BCUT2D eigenvalue weighted by atomic mass is 9.95. The summed E-state index contributed by atoms with van der Waals surface area (Å²) < 4.78 is 10.1. The smallest absolute Gasteiger partial charge is 0.121 e. The normalized spacial score (nSPS) is 26.8. The number of nitrogens with zero attached hydrogens (tertiary/aromatic N) is 2. The molecule has 1 saturated heterocycles. The van der Waals surface area contributed by atoms with E-state index in [0.29, 0.717) is 6.54 Å². The van der Waals surface area contributed by atoms with Crippen molar-refractivity contribution >= 4 is 0 Å². The molecule has 0 amide bonds. The molecule has 1 unspecified atom stereocenters. The quantitative estimate of drug-likeness (QED) is 0.809. The zero-order valence-corrected chi connectivity index (χ0v) is 9.25. The number of hydrogen-bond donors (Lipinski definition) is 1. The first-order valence-corrected chi connectivity index (χ1v) is 5.30. The van der Waals surface area contributed by atoms with Gasteiger partial charge in [-0.15, -0.1) is 0 Å². The van der Waals surface area contributed by atoms with Crippen LogP contribution in [-0.4, -0.2) is 29.1 Å². The van der Waals surface area contributed by atoms with E-state index in [-0.39, 0.29) is 5.54 Å². The van der Waals surface area contributed by atoms with Crippen LogP contribution < -0.4 is 5.32 Å². The molecule has 0 aliphatic carbocycles. The van der Waals surface area contributed by atoms with Crippen molar-refractivity contribution in [2.75, 3.05) is 13.2 Å². The summed E-state index contributed by atoms with van der Waals surface area (Å²) in [5.41, 5.74) is 1.79. The Bertz CT molecular complexity index is 318. The van der Waals surface area contributed by atoms with Crippen LogP contribution in [0.5, 0.6) is 0 Å². The summed E-state index contributed by atoms with van der Waals surface area (Å²) in [5.74, 6) is 0. The third kappa shape index (κ3) is 2.54. The van der Waals surface area contributed by atoms with Crippen LogP contribution in [0.3, 0.4) is 0 Å². The molecule has 2 rings (SSSR count). The second kappa shape index (κ2) is 4.28. The van der Waals surface area contributed by atoms with Gasteiger partial charge in [-0.05, 0) is 26.7 Å². The van der Waals surface area contributed by atoms with Gasteiger partial charge in [0.15, 0.2) is 0 Å². The molecule has 1 aliphatic rings. The topological polar surface area (TPSA) is 60.2 Å². The molecule has 1 atom stereocenters. The summed E-state index contributed by atoms with van der Waals surface area (Å²) in [6, 6.07) is 0. The number of nitrogens with one attached hydrogen (secondary N) is 1. The van der Waals surface area contributed by atoms with Crippen molar-refractivity contribution < 1.29 is 9.37 Å². The van der Waals surface area contributed by atoms with Crippen LogP contribution in [0.15, 0.2) is 4.63 Å². The molecule has 0 radical (unpaired) electrons. The van der Waals surface area contributed by atoms with E-state index < -0.39 is 0 Å². The summed E-state index contributed by atoms with van der Waals surface area (Å²) >= 11 is 0. The maximum Gasteiger partial charge on any atom is 0.121 e. The third-order valence-corrected chi connectivity index (χ3v) is 2.87. The van der Waals surface area contributed by atoms with Crippen LogP contribution in [0.1, 0.15) is 31.2 Å². The molecule has 0 bridgehead atoms. The van der Waals surface area contributed by atoms with Crippen LogP contribution in [0.2, 0.25) is 0 Å². The van der Waals surface area contributed by atoms with Crippen molar-refractivity contribution in [2.24, 2.45) is 0 Å². The Balaban J connectivity index is 1.89. The molecule has 1 fully saturated rings. The molecular formula is C10H17N3O2. The van der Waals surface area contributed by atoms with Gasteiger partial charge in [-0.1, -0.05) is 10.3 Å². The maximum atomic E-state index is 5.46. The Morgan fingerprint density at radius 1 is 1.47 bits per heavy atom. The van der Waals surface area contributed by atoms with E-state index in [9.17, 15) is 0 Å². The second-order valence-electron chi connectivity index (χ2n) is 4.37. The highest BCUT2D eigenvalue weighted by atomic mass is 16.6. The number of aromatic nitrogens is 2. The van der Waals surface area contributed by atoms with E-state index in [4.69, 9.17) is 4.74 Å². The van der Waals surface area contributed by atoms with Crippen molar-refractivity contribution in [2.45, 2.75) is 38.8 Å². The van der Waals surface area contributed by atoms with Gasteiger partial charge in [-0.3, -0.25) is 0 Å². The predicted molar refractivity (Wildman–Crippen MR) is 54.3 cm³/mol. The standard InChI is InChI=1S/C10H17N3O2/c1-8-9(13-15-12-8)6-11-10(2)4-3-5-14-7-10/h11H,3-7H2,1-2H3. The molecule has 2 heterocycles. The fourth-order valence-corrected chi connectivity index (χ4v) is 1.78. The second-order valence-corrected chi connectivity index (χ2v) is 4.37. The van der Waals surface area contributed by atoms with Crippen molar-refractivity contribution in [3.05, 3.63) is 11.4 Å². The van der Waals surface area contributed by atoms with Crippen LogP contribution in [0, 0.1) is 6.92 Å². The zero-order valence-electron chi connectivity index (χ0n) is 9.25. The first-order chi connectivity index (χ1) is 7.20. The van der Waals surface area contributed by atoms with E-state index in [1.54, 1.807) is 0 Å². The van der Waals surface area contributed by atoms with Crippen molar-refractivity contribution in [3.8, 4) is 0 Å². The molecule has 84 valence electrons. The molecule has 0 aromatic carbocycles. The van der Waals surface area contributed by atoms with Gasteiger partial charge >= 0.3 is 0 Å². The number of aryl methyl sites for hydroxylation is 1. The summed E-state index contributed by atoms with van der Waals surface area (Å²) in [4.78, 5) is 0. The van der Waals surface area contributed by atoms with Gasteiger partial charge < -0.3 is 10.1 Å². The minimum absolute atomic E-state index is 0.0592. The molecule has 1 aliphatic heterocycles. The monoisotopic (exact) mass is 211 g/mol. The Morgan fingerprint density at radius 3 is 2.93 bits per heavy atom. The molecule has 15 heavy (non-hydrogen) atoms. The van der Waals surface area contributed by atoms with Gasteiger partial charge in [0.05, 0.1) is 6.61 Å². The number of ether oxygens (including phenoxy) is 1. The van der Waals surface area contributed by atoms with Crippen LogP contribution in [-0.2, 0) is 11.3 Å². The number of rotatable bonds is 3. The summed E-state index contributed by atoms with van der Waals surface area (Å²) in [6.07, 6.45) is 2.25. The van der Waals surface area contributed by atoms with Gasteiger partial charge in [0.2, 0.25) is 0 Å². The Kier molecular flexibility index (Phi) is 3.02. The highest BCUT2D eigenvalue weighted by Gasteiger charge is 2.27. The third-order valence-electron chi connectivity index (χ3n) is 2.87. The summed E-state index contributed by atoms with van der Waals surface area (Å²) in [7, 11) is 0. The SMILES string of the molecule is Cc1nonc1CNC1(C)CCCOC1. The number of hydrogen-bond acceptors (Lipinski definition) is 5. The summed E-state index contributed by atoms with van der Waals surface area (Å²) in [6.45, 7) is 6.40. The van der Waals surface area contributed by atoms with E-state index >= 15 is 0 Å². The van der Waals surface area contributed by atoms with Crippen LogP contribution >= 0.6 is 0 Å². The van der Waals surface area contributed by atoms with Crippen molar-refractivity contribution in [1.82, 2.24) is 15.6 Å². The molecule has 1 N–H and O–H groups in total. The lowest BCUT2D eigenvalue weighted by Crippen LogP contribution is -2.48. The average molecular weight is 211 g/mol. The largest absolute Gasteiger partial charge is 0.380 e. The van der Waals surface area contributed by atoms with Crippen molar-refractivity contribution in [3.63, 3.8) is 0 Å². The molecule has 5 heteroatoms. The summed E-state index contributed by atoms with van der Waals surface area (Å²) in [5, 5.41) is 11.0. The first kappa shape index (κ1) is 10.6. The lowest BCUT2D eigenvalue weighted by Gasteiger charge is -2.34. The molecule has 0 spiro atoms. The van der Waals surface area contributed by atoms with E-state index in [1.807, 2.05) is 6.92 Å². The fraction of sp³-hybridized carbons (Fsp3) is 0.800. The first-order valence-electron chi connectivity index (χ1n) is 5.30.